The molecule has 2 saturated heterocycles. The molecular formula is C19H29N3O6. The van der Waals surface area contributed by atoms with Crippen molar-refractivity contribution in [3.05, 3.63) is 15.8 Å². The van der Waals surface area contributed by atoms with E-state index in [-0.39, 0.29) is 34.7 Å². The second-order valence-corrected chi connectivity index (χ2v) is 7.73. The Balaban J connectivity index is 1.38. The lowest BCUT2D eigenvalue weighted by Gasteiger charge is -2.23. The molecule has 1 aliphatic carbocycles. The second-order valence-electron chi connectivity index (χ2n) is 7.73. The first-order valence-corrected chi connectivity index (χ1v) is 10.4. The van der Waals surface area contributed by atoms with Gasteiger partial charge in [-0.15, -0.1) is 5.10 Å². The van der Waals surface area contributed by atoms with Gasteiger partial charge in [-0.2, -0.15) is 0 Å². The molecule has 3 fully saturated rings. The summed E-state index contributed by atoms with van der Waals surface area (Å²) in [4.78, 5) is 11.4. The van der Waals surface area contributed by atoms with Crippen LogP contribution in [0.5, 0.6) is 5.88 Å². The fourth-order valence-corrected chi connectivity index (χ4v) is 3.92. The highest BCUT2D eigenvalue weighted by molar-refractivity contribution is 5.49. The molecule has 156 valence electrons. The second kappa shape index (κ2) is 9.19. The molecule has 0 spiro atoms. The van der Waals surface area contributed by atoms with Crippen LogP contribution in [0.25, 0.3) is 0 Å². The van der Waals surface area contributed by atoms with Crippen molar-refractivity contribution in [3.8, 4) is 5.88 Å². The number of nitro groups is 1. The molecule has 0 radical (unpaired) electrons. The molecule has 1 aromatic heterocycles. The van der Waals surface area contributed by atoms with Crippen LogP contribution in [0.3, 0.4) is 0 Å². The fourth-order valence-electron chi connectivity index (χ4n) is 3.92. The van der Waals surface area contributed by atoms with Crippen LogP contribution in [0.15, 0.2) is 0 Å². The van der Waals surface area contributed by atoms with Crippen LogP contribution < -0.4 is 4.74 Å². The number of hydrogen-bond donors (Lipinski definition) is 0. The molecule has 3 heterocycles. The minimum Gasteiger partial charge on any atom is -0.472 e. The molecule has 2 aliphatic heterocycles. The Hall–Kier alpha value is -1.71. The molecule has 9 heteroatoms. The molecule has 1 atom stereocenters. The molecule has 0 aromatic carbocycles. The topological polar surface area (TPSA) is 97.9 Å². The Morgan fingerprint density at radius 1 is 1.11 bits per heavy atom. The Kier molecular flexibility index (Phi) is 6.43. The Morgan fingerprint density at radius 3 is 2.61 bits per heavy atom. The SMILES string of the molecule is O=[N+]([O-])c1c(OCCCOC2CCCCO2)nn(C2CCOCC2)c1C1CC1. The summed E-state index contributed by atoms with van der Waals surface area (Å²) >= 11 is 0. The number of aromatic nitrogens is 2. The molecule has 0 bridgehead atoms. The predicted molar refractivity (Wildman–Crippen MR) is 99.6 cm³/mol. The lowest BCUT2D eigenvalue weighted by molar-refractivity contribution is -0.386. The number of hydrogen-bond acceptors (Lipinski definition) is 7. The summed E-state index contributed by atoms with van der Waals surface area (Å²) in [5, 5.41) is 16.3. The van der Waals surface area contributed by atoms with Gasteiger partial charge in [0.15, 0.2) is 6.29 Å². The molecule has 1 saturated carbocycles. The Bertz CT molecular complexity index is 663. The van der Waals surface area contributed by atoms with Crippen molar-refractivity contribution in [2.45, 2.75) is 69.6 Å². The quantitative estimate of drug-likeness (QED) is 0.359. The van der Waals surface area contributed by atoms with E-state index in [1.165, 1.54) is 0 Å². The number of nitrogens with zero attached hydrogens (tertiary/aromatic N) is 3. The summed E-state index contributed by atoms with van der Waals surface area (Å²) in [6, 6.07) is 0.146. The van der Waals surface area contributed by atoms with Gasteiger partial charge in [-0.3, -0.25) is 14.8 Å². The first kappa shape index (κ1) is 19.6. The standard InChI is InChI=1S/C19H29N3O6/c23-22(24)18-17(14-5-6-14)21(15-7-12-25-13-8-15)20-19(18)28-11-3-10-27-16-4-1-2-9-26-16/h14-16H,1-13H2. The zero-order valence-electron chi connectivity index (χ0n) is 16.2. The highest BCUT2D eigenvalue weighted by Crippen LogP contribution is 2.48. The van der Waals surface area contributed by atoms with Crippen molar-refractivity contribution >= 4 is 5.69 Å². The van der Waals surface area contributed by atoms with Crippen LogP contribution in [0.1, 0.15) is 69.0 Å². The van der Waals surface area contributed by atoms with Crippen LogP contribution in [-0.4, -0.2) is 54.0 Å². The maximum Gasteiger partial charge on any atom is 0.353 e. The van der Waals surface area contributed by atoms with Crippen LogP contribution in [0.4, 0.5) is 5.69 Å². The third kappa shape index (κ3) is 4.64. The van der Waals surface area contributed by atoms with E-state index < -0.39 is 0 Å². The smallest absolute Gasteiger partial charge is 0.353 e. The molecule has 4 rings (SSSR count). The van der Waals surface area contributed by atoms with Gasteiger partial charge < -0.3 is 18.9 Å². The van der Waals surface area contributed by atoms with Gasteiger partial charge in [0.1, 0.15) is 5.69 Å². The van der Waals surface area contributed by atoms with Gasteiger partial charge in [0.05, 0.1) is 24.2 Å². The van der Waals surface area contributed by atoms with Crippen molar-refractivity contribution in [3.63, 3.8) is 0 Å². The van der Waals surface area contributed by atoms with E-state index in [1.807, 2.05) is 4.68 Å². The summed E-state index contributed by atoms with van der Waals surface area (Å²) < 4.78 is 24.3. The van der Waals surface area contributed by atoms with Crippen molar-refractivity contribution in [1.82, 2.24) is 9.78 Å². The minimum absolute atomic E-state index is 0.0468. The van der Waals surface area contributed by atoms with Gasteiger partial charge in [-0.1, -0.05) is 0 Å². The lowest BCUT2D eigenvalue weighted by atomic mass is 10.1. The summed E-state index contributed by atoms with van der Waals surface area (Å²) in [6.07, 6.45) is 7.26. The Labute approximate surface area is 164 Å². The molecule has 9 nitrogen and oxygen atoms in total. The minimum atomic E-state index is -0.335. The third-order valence-corrected chi connectivity index (χ3v) is 5.54. The van der Waals surface area contributed by atoms with Crippen LogP contribution >= 0.6 is 0 Å². The molecule has 1 aromatic rings. The van der Waals surface area contributed by atoms with E-state index in [1.54, 1.807) is 0 Å². The zero-order chi connectivity index (χ0) is 19.3. The van der Waals surface area contributed by atoms with Gasteiger partial charge >= 0.3 is 11.6 Å². The van der Waals surface area contributed by atoms with Crippen molar-refractivity contribution in [2.75, 3.05) is 33.0 Å². The lowest BCUT2D eigenvalue weighted by Crippen LogP contribution is -2.23. The molecule has 0 amide bonds. The normalized spacial score (nSPS) is 23.6. The van der Waals surface area contributed by atoms with Gasteiger partial charge in [0, 0.05) is 32.2 Å². The summed E-state index contributed by atoms with van der Waals surface area (Å²) in [5.74, 6) is 0.368. The highest BCUT2D eigenvalue weighted by Gasteiger charge is 2.41. The summed E-state index contributed by atoms with van der Waals surface area (Å²) in [6.45, 7) is 2.93. The summed E-state index contributed by atoms with van der Waals surface area (Å²) in [7, 11) is 0. The molecule has 28 heavy (non-hydrogen) atoms. The number of rotatable bonds is 9. The molecule has 3 aliphatic rings. The zero-order valence-corrected chi connectivity index (χ0v) is 16.2. The van der Waals surface area contributed by atoms with Gasteiger partial charge in [-0.25, -0.2) is 0 Å². The average molecular weight is 395 g/mol. The predicted octanol–water partition coefficient (Wildman–Crippen LogP) is 3.33. The maximum atomic E-state index is 11.8. The van der Waals surface area contributed by atoms with E-state index in [4.69, 9.17) is 18.9 Å². The molecular weight excluding hydrogens is 366 g/mol. The maximum absolute atomic E-state index is 11.8. The number of ether oxygens (including phenoxy) is 4. The van der Waals surface area contributed by atoms with Crippen molar-refractivity contribution in [2.24, 2.45) is 0 Å². The van der Waals surface area contributed by atoms with Crippen LogP contribution in [0, 0.1) is 10.1 Å². The summed E-state index contributed by atoms with van der Waals surface area (Å²) in [5.41, 5.74) is 0.782. The van der Waals surface area contributed by atoms with E-state index in [9.17, 15) is 10.1 Å². The van der Waals surface area contributed by atoms with Crippen molar-refractivity contribution < 1.29 is 23.9 Å². The van der Waals surface area contributed by atoms with Gasteiger partial charge in [-0.05, 0) is 44.9 Å². The van der Waals surface area contributed by atoms with Gasteiger partial charge in [0.25, 0.3) is 0 Å². The van der Waals surface area contributed by atoms with Crippen LogP contribution in [-0.2, 0) is 14.2 Å². The average Bonchev–Trinajstić information content (AvgIpc) is 3.49. The highest BCUT2D eigenvalue weighted by atomic mass is 16.7. The van der Waals surface area contributed by atoms with Crippen LogP contribution in [0.2, 0.25) is 0 Å². The fraction of sp³-hybridized carbons (Fsp3) is 0.842. The monoisotopic (exact) mass is 395 g/mol. The molecule has 1 unspecified atom stereocenters. The van der Waals surface area contributed by atoms with Crippen molar-refractivity contribution in [1.29, 1.82) is 0 Å². The van der Waals surface area contributed by atoms with E-state index in [2.05, 4.69) is 5.10 Å². The Morgan fingerprint density at radius 2 is 1.93 bits per heavy atom. The van der Waals surface area contributed by atoms with E-state index in [0.29, 0.717) is 32.8 Å². The van der Waals surface area contributed by atoms with E-state index in [0.717, 1.165) is 57.2 Å². The largest absolute Gasteiger partial charge is 0.472 e. The third-order valence-electron chi connectivity index (χ3n) is 5.54. The van der Waals surface area contributed by atoms with Gasteiger partial charge in [0.2, 0.25) is 0 Å². The van der Waals surface area contributed by atoms with E-state index >= 15 is 0 Å². The first-order valence-electron chi connectivity index (χ1n) is 10.4. The first-order chi connectivity index (χ1) is 13.7. The molecule has 0 N–H and O–H groups in total.